The van der Waals surface area contributed by atoms with Crippen molar-refractivity contribution in [3.05, 3.63) is 50.6 Å². The van der Waals surface area contributed by atoms with Crippen LogP contribution in [0.4, 0.5) is 0 Å². The molecule has 118 valence electrons. The van der Waals surface area contributed by atoms with E-state index in [0.717, 1.165) is 34.1 Å². The second kappa shape index (κ2) is 8.80. The van der Waals surface area contributed by atoms with Crippen LogP contribution in [0.3, 0.4) is 0 Å². The lowest BCUT2D eigenvalue weighted by atomic mass is 10.2. The smallest absolute Gasteiger partial charge is 0.191 e. The zero-order valence-corrected chi connectivity index (χ0v) is 15.1. The van der Waals surface area contributed by atoms with Crippen molar-refractivity contribution in [2.24, 2.45) is 4.99 Å². The van der Waals surface area contributed by atoms with E-state index < -0.39 is 0 Å². The molecule has 0 spiro atoms. The highest BCUT2D eigenvalue weighted by molar-refractivity contribution is 9.11. The Kier molecular flexibility index (Phi) is 6.74. The third-order valence-electron chi connectivity index (χ3n) is 3.00. The van der Waals surface area contributed by atoms with Gasteiger partial charge in [-0.3, -0.25) is 0 Å². The summed E-state index contributed by atoms with van der Waals surface area (Å²) in [5, 5.41) is 6.60. The van der Waals surface area contributed by atoms with Gasteiger partial charge in [0.15, 0.2) is 5.96 Å². The summed E-state index contributed by atoms with van der Waals surface area (Å²) in [4.78, 5) is 5.88. The number of para-hydroxylation sites is 1. The average molecular weight is 382 g/mol. The Morgan fingerprint density at radius 3 is 2.73 bits per heavy atom. The lowest BCUT2D eigenvalue weighted by Gasteiger charge is -2.11. The van der Waals surface area contributed by atoms with Gasteiger partial charge in [-0.05, 0) is 41.1 Å². The molecule has 22 heavy (non-hydrogen) atoms. The first-order valence-electron chi connectivity index (χ1n) is 7.11. The van der Waals surface area contributed by atoms with E-state index >= 15 is 0 Å². The minimum absolute atomic E-state index is 0.577. The fourth-order valence-electron chi connectivity index (χ4n) is 1.96. The van der Waals surface area contributed by atoms with E-state index in [-0.39, 0.29) is 0 Å². The van der Waals surface area contributed by atoms with Crippen LogP contribution in [0.5, 0.6) is 5.75 Å². The topological polar surface area (TPSA) is 45.7 Å². The van der Waals surface area contributed by atoms with Gasteiger partial charge in [0.2, 0.25) is 0 Å². The van der Waals surface area contributed by atoms with E-state index in [1.165, 1.54) is 4.88 Å². The first kappa shape index (κ1) is 16.8. The van der Waals surface area contributed by atoms with Gasteiger partial charge in [0.05, 0.1) is 24.0 Å². The van der Waals surface area contributed by atoms with Crippen molar-refractivity contribution in [3.63, 3.8) is 0 Å². The van der Waals surface area contributed by atoms with Crippen LogP contribution in [-0.4, -0.2) is 19.6 Å². The Labute approximate surface area is 143 Å². The molecule has 0 aliphatic heterocycles. The van der Waals surface area contributed by atoms with Gasteiger partial charge in [0.25, 0.3) is 0 Å². The number of thiophene rings is 1. The summed E-state index contributed by atoms with van der Waals surface area (Å²) in [6, 6.07) is 12.1. The monoisotopic (exact) mass is 381 g/mol. The molecule has 0 atom stereocenters. The highest BCUT2D eigenvalue weighted by atomic mass is 79.9. The van der Waals surface area contributed by atoms with Gasteiger partial charge in [-0.25, -0.2) is 4.99 Å². The lowest BCUT2D eigenvalue weighted by molar-refractivity contribution is 0.410. The van der Waals surface area contributed by atoms with E-state index in [9.17, 15) is 0 Å². The highest BCUT2D eigenvalue weighted by Crippen LogP contribution is 2.21. The van der Waals surface area contributed by atoms with Crippen LogP contribution in [0.15, 0.2) is 45.2 Å². The molecule has 0 amide bonds. The van der Waals surface area contributed by atoms with E-state index in [1.54, 1.807) is 18.4 Å². The largest absolute Gasteiger partial charge is 0.496 e. The van der Waals surface area contributed by atoms with Crippen LogP contribution in [0.1, 0.15) is 17.4 Å². The summed E-state index contributed by atoms with van der Waals surface area (Å²) in [6.07, 6.45) is 0. The summed E-state index contributed by atoms with van der Waals surface area (Å²) in [5.41, 5.74) is 1.07. The number of nitrogens with zero attached hydrogens (tertiary/aromatic N) is 1. The first-order valence-corrected chi connectivity index (χ1v) is 8.72. The second-order valence-corrected chi connectivity index (χ2v) is 7.11. The van der Waals surface area contributed by atoms with Crippen LogP contribution in [0.25, 0.3) is 0 Å². The van der Waals surface area contributed by atoms with E-state index in [1.807, 2.05) is 24.3 Å². The molecule has 0 unspecified atom stereocenters. The van der Waals surface area contributed by atoms with Gasteiger partial charge < -0.3 is 15.4 Å². The number of nitrogens with one attached hydrogen (secondary N) is 2. The lowest BCUT2D eigenvalue weighted by Crippen LogP contribution is -2.36. The maximum Gasteiger partial charge on any atom is 0.191 e. The number of ether oxygens (including phenoxy) is 1. The molecule has 2 aromatic rings. The number of aliphatic imine (C=N–C) groups is 1. The van der Waals surface area contributed by atoms with Crippen LogP contribution in [0, 0.1) is 0 Å². The van der Waals surface area contributed by atoms with Crippen molar-refractivity contribution in [1.29, 1.82) is 0 Å². The predicted molar refractivity (Wildman–Crippen MR) is 96.7 cm³/mol. The van der Waals surface area contributed by atoms with E-state index in [2.05, 4.69) is 50.6 Å². The maximum atomic E-state index is 5.36. The van der Waals surface area contributed by atoms with Crippen LogP contribution in [0.2, 0.25) is 0 Å². The molecule has 4 nitrogen and oxygen atoms in total. The summed E-state index contributed by atoms with van der Waals surface area (Å²) in [6.45, 7) is 4.22. The Balaban J connectivity index is 2.00. The fraction of sp³-hybridized carbons (Fsp3) is 0.312. The number of hydrogen-bond donors (Lipinski definition) is 2. The molecular weight excluding hydrogens is 362 g/mol. The number of rotatable bonds is 6. The zero-order valence-electron chi connectivity index (χ0n) is 12.7. The van der Waals surface area contributed by atoms with Gasteiger partial charge in [-0.15, -0.1) is 11.3 Å². The molecule has 1 heterocycles. The summed E-state index contributed by atoms with van der Waals surface area (Å²) >= 11 is 5.20. The molecule has 0 radical (unpaired) electrons. The highest BCUT2D eigenvalue weighted by Gasteiger charge is 2.03. The Hall–Kier alpha value is -1.53. The van der Waals surface area contributed by atoms with E-state index in [4.69, 9.17) is 4.74 Å². The van der Waals surface area contributed by atoms with Gasteiger partial charge in [0, 0.05) is 17.0 Å². The van der Waals surface area contributed by atoms with Crippen molar-refractivity contribution in [2.75, 3.05) is 13.7 Å². The first-order chi connectivity index (χ1) is 10.7. The number of methoxy groups -OCH3 is 1. The van der Waals surface area contributed by atoms with Crippen molar-refractivity contribution < 1.29 is 4.74 Å². The molecule has 6 heteroatoms. The molecule has 2 rings (SSSR count). The SMILES string of the molecule is CCNC(=NCc1ccccc1OC)NCc1ccc(Br)s1. The third kappa shape index (κ3) is 5.03. The molecule has 0 saturated heterocycles. The van der Waals surface area contributed by atoms with Gasteiger partial charge in [-0.1, -0.05) is 18.2 Å². The second-order valence-electron chi connectivity index (χ2n) is 4.57. The third-order valence-corrected chi connectivity index (χ3v) is 4.63. The number of guanidine groups is 1. The Morgan fingerprint density at radius 2 is 2.05 bits per heavy atom. The molecule has 0 aliphatic rings. The van der Waals surface area contributed by atoms with Gasteiger partial charge in [0.1, 0.15) is 5.75 Å². The standard InChI is InChI=1S/C16H20BrN3OS/c1-3-18-16(20-11-13-8-9-15(17)22-13)19-10-12-6-4-5-7-14(12)21-2/h4-9H,3,10-11H2,1-2H3,(H2,18,19,20). The Bertz CT molecular complexity index is 627. The van der Waals surface area contributed by atoms with Crippen molar-refractivity contribution in [1.82, 2.24) is 10.6 Å². The quantitative estimate of drug-likeness (QED) is 0.591. The normalized spacial score (nSPS) is 11.3. The van der Waals surface area contributed by atoms with E-state index in [0.29, 0.717) is 6.54 Å². The van der Waals surface area contributed by atoms with Crippen molar-refractivity contribution in [2.45, 2.75) is 20.0 Å². The molecule has 2 N–H and O–H groups in total. The average Bonchev–Trinajstić information content (AvgIpc) is 2.96. The van der Waals surface area contributed by atoms with Crippen molar-refractivity contribution in [3.8, 4) is 5.75 Å². The molecule has 0 aliphatic carbocycles. The summed E-state index contributed by atoms with van der Waals surface area (Å²) < 4.78 is 6.50. The number of halogens is 1. The number of hydrogen-bond acceptors (Lipinski definition) is 3. The molecule has 0 saturated carbocycles. The summed E-state index contributed by atoms with van der Waals surface area (Å²) in [7, 11) is 1.68. The molecule has 1 aromatic heterocycles. The van der Waals surface area contributed by atoms with Gasteiger partial charge in [-0.2, -0.15) is 0 Å². The van der Waals surface area contributed by atoms with Crippen LogP contribution < -0.4 is 15.4 Å². The van der Waals surface area contributed by atoms with Crippen LogP contribution >= 0.6 is 27.3 Å². The zero-order chi connectivity index (χ0) is 15.8. The molecule has 0 bridgehead atoms. The van der Waals surface area contributed by atoms with Crippen LogP contribution in [-0.2, 0) is 13.1 Å². The molecule has 0 fully saturated rings. The predicted octanol–water partition coefficient (Wildman–Crippen LogP) is 3.77. The molecule has 1 aromatic carbocycles. The number of benzene rings is 1. The van der Waals surface area contributed by atoms with Gasteiger partial charge >= 0.3 is 0 Å². The maximum absolute atomic E-state index is 5.36. The Morgan fingerprint density at radius 1 is 1.23 bits per heavy atom. The minimum Gasteiger partial charge on any atom is -0.496 e. The summed E-state index contributed by atoms with van der Waals surface area (Å²) in [5.74, 6) is 1.67. The van der Waals surface area contributed by atoms with Crippen molar-refractivity contribution >= 4 is 33.2 Å². The molecular formula is C16H20BrN3OS. The minimum atomic E-state index is 0.577. The fourth-order valence-corrected chi connectivity index (χ4v) is 3.38.